The first-order valence-corrected chi connectivity index (χ1v) is 13.2. The van der Waals surface area contributed by atoms with Gasteiger partial charge in [0.05, 0.1) is 0 Å². The Bertz CT molecular complexity index is 1180. The Labute approximate surface area is 229 Å². The first kappa shape index (κ1) is 28.5. The Morgan fingerprint density at radius 3 is 2.19 bits per heavy atom. The van der Waals surface area contributed by atoms with Crippen molar-refractivity contribution in [3.05, 3.63) is 99.5 Å². The highest BCUT2D eigenvalue weighted by atomic mass is 35.5. The van der Waals surface area contributed by atoms with Gasteiger partial charge >= 0.3 is 0 Å². The average molecular weight is 542 g/mol. The number of amides is 2. The second-order valence-corrected chi connectivity index (χ2v) is 10.5. The largest absolute Gasteiger partial charge is 0.484 e. The van der Waals surface area contributed by atoms with Crippen molar-refractivity contribution in [3.63, 3.8) is 0 Å². The number of nitrogens with zero attached hydrogens (tertiary/aromatic N) is 1. The van der Waals surface area contributed by atoms with Crippen molar-refractivity contribution in [2.45, 2.75) is 58.7 Å². The molecule has 37 heavy (non-hydrogen) atoms. The number of hydrogen-bond donors (Lipinski definition) is 1. The van der Waals surface area contributed by atoms with Crippen LogP contribution in [0.4, 0.5) is 0 Å². The number of halogens is 2. The van der Waals surface area contributed by atoms with Crippen LogP contribution in [0.1, 0.15) is 50.3 Å². The van der Waals surface area contributed by atoms with Gasteiger partial charge in [-0.05, 0) is 60.7 Å². The maximum absolute atomic E-state index is 13.6. The molecule has 0 aliphatic carbocycles. The lowest BCUT2D eigenvalue weighted by molar-refractivity contribution is -0.143. The first-order chi connectivity index (χ1) is 17.6. The summed E-state index contributed by atoms with van der Waals surface area (Å²) in [7, 11) is 0. The minimum absolute atomic E-state index is 0.0856. The number of benzene rings is 3. The maximum atomic E-state index is 13.6. The van der Waals surface area contributed by atoms with E-state index in [2.05, 4.69) is 19.2 Å². The number of carbonyl (C=O) groups is 2. The molecule has 0 aliphatic rings. The third-order valence-corrected chi connectivity index (χ3v) is 6.55. The molecule has 3 aromatic rings. The van der Waals surface area contributed by atoms with Gasteiger partial charge in [-0.15, -0.1) is 0 Å². The molecule has 1 atom stereocenters. The second-order valence-electron chi connectivity index (χ2n) is 9.64. The average Bonchev–Trinajstić information content (AvgIpc) is 2.86. The van der Waals surface area contributed by atoms with Crippen molar-refractivity contribution in [2.75, 3.05) is 6.61 Å². The van der Waals surface area contributed by atoms with E-state index in [1.54, 1.807) is 23.1 Å². The van der Waals surface area contributed by atoms with Crippen molar-refractivity contribution in [3.8, 4) is 5.75 Å². The first-order valence-electron chi connectivity index (χ1n) is 12.4. The van der Waals surface area contributed by atoms with Crippen molar-refractivity contribution in [1.29, 1.82) is 0 Å². The van der Waals surface area contributed by atoms with E-state index < -0.39 is 6.04 Å². The zero-order valence-corrected chi connectivity index (χ0v) is 23.2. The predicted molar refractivity (Wildman–Crippen MR) is 150 cm³/mol. The molecular weight excluding hydrogens is 507 g/mol. The van der Waals surface area contributed by atoms with Gasteiger partial charge in [0, 0.05) is 29.1 Å². The quantitative estimate of drug-likeness (QED) is 0.295. The van der Waals surface area contributed by atoms with Crippen LogP contribution in [-0.4, -0.2) is 35.4 Å². The Morgan fingerprint density at radius 1 is 0.919 bits per heavy atom. The molecule has 0 aromatic heterocycles. The topological polar surface area (TPSA) is 58.6 Å². The SMILES string of the molecule is CC(C)NC(=O)[C@@H](Cc1ccccc1)N(Cc1ccc(Cl)cc1Cl)C(=O)COc1ccc(C(C)C)cc1. The number of rotatable bonds is 11. The molecule has 3 aromatic carbocycles. The summed E-state index contributed by atoms with van der Waals surface area (Å²) in [6.07, 6.45) is 0.347. The molecule has 0 fully saturated rings. The van der Waals surface area contributed by atoms with Crippen LogP contribution in [0.25, 0.3) is 0 Å². The van der Waals surface area contributed by atoms with E-state index >= 15 is 0 Å². The highest BCUT2D eigenvalue weighted by Crippen LogP contribution is 2.25. The molecule has 2 amide bonds. The van der Waals surface area contributed by atoms with E-state index in [9.17, 15) is 9.59 Å². The number of hydrogen-bond acceptors (Lipinski definition) is 3. The van der Waals surface area contributed by atoms with Crippen LogP contribution in [0.2, 0.25) is 10.0 Å². The van der Waals surface area contributed by atoms with E-state index in [1.807, 2.05) is 68.4 Å². The number of ether oxygens (including phenoxy) is 1. The van der Waals surface area contributed by atoms with E-state index in [-0.39, 0.29) is 31.0 Å². The van der Waals surface area contributed by atoms with Crippen LogP contribution in [0.3, 0.4) is 0 Å². The number of nitrogens with one attached hydrogen (secondary N) is 1. The lowest BCUT2D eigenvalue weighted by Gasteiger charge is -2.32. The molecular formula is C30H34Cl2N2O3. The summed E-state index contributed by atoms with van der Waals surface area (Å²) in [6.45, 7) is 7.94. The molecule has 5 nitrogen and oxygen atoms in total. The third-order valence-electron chi connectivity index (χ3n) is 5.97. The second kappa shape index (κ2) is 13.5. The molecule has 0 saturated heterocycles. The molecule has 1 N–H and O–H groups in total. The molecule has 0 unspecified atom stereocenters. The van der Waals surface area contributed by atoms with Crippen molar-refractivity contribution in [1.82, 2.24) is 10.2 Å². The van der Waals surface area contributed by atoms with Gasteiger partial charge in [0.25, 0.3) is 5.91 Å². The van der Waals surface area contributed by atoms with Gasteiger partial charge in [-0.2, -0.15) is 0 Å². The summed E-state index contributed by atoms with van der Waals surface area (Å²) in [5.74, 6) is 0.430. The molecule has 0 saturated carbocycles. The van der Waals surface area contributed by atoms with Gasteiger partial charge in [0.1, 0.15) is 11.8 Å². The molecule has 0 radical (unpaired) electrons. The third kappa shape index (κ3) is 8.51. The van der Waals surface area contributed by atoms with Crippen molar-refractivity contribution < 1.29 is 14.3 Å². The zero-order valence-electron chi connectivity index (χ0n) is 21.7. The van der Waals surface area contributed by atoms with E-state index in [1.165, 1.54) is 5.56 Å². The van der Waals surface area contributed by atoms with Gasteiger partial charge in [0.15, 0.2) is 6.61 Å². The van der Waals surface area contributed by atoms with E-state index in [0.29, 0.717) is 33.7 Å². The summed E-state index contributed by atoms with van der Waals surface area (Å²) < 4.78 is 5.85. The summed E-state index contributed by atoms with van der Waals surface area (Å²) in [4.78, 5) is 28.6. The Kier molecular flexibility index (Phi) is 10.4. The fraction of sp³-hybridized carbons (Fsp3) is 0.333. The lowest BCUT2D eigenvalue weighted by Crippen LogP contribution is -2.52. The van der Waals surface area contributed by atoms with Gasteiger partial charge in [-0.3, -0.25) is 9.59 Å². The lowest BCUT2D eigenvalue weighted by atomic mass is 10.0. The van der Waals surface area contributed by atoms with Crippen LogP contribution in [-0.2, 0) is 22.6 Å². The maximum Gasteiger partial charge on any atom is 0.261 e. The monoisotopic (exact) mass is 540 g/mol. The Morgan fingerprint density at radius 2 is 1.59 bits per heavy atom. The minimum Gasteiger partial charge on any atom is -0.484 e. The zero-order chi connectivity index (χ0) is 26.9. The van der Waals surface area contributed by atoms with Crippen LogP contribution in [0.5, 0.6) is 5.75 Å². The van der Waals surface area contributed by atoms with Crippen LogP contribution in [0.15, 0.2) is 72.8 Å². The minimum atomic E-state index is -0.768. The fourth-order valence-corrected chi connectivity index (χ4v) is 4.41. The van der Waals surface area contributed by atoms with Crippen LogP contribution < -0.4 is 10.1 Å². The molecule has 196 valence electrons. The molecule has 3 rings (SSSR count). The van der Waals surface area contributed by atoms with Gasteiger partial charge in [-0.25, -0.2) is 0 Å². The number of carbonyl (C=O) groups excluding carboxylic acids is 2. The molecule has 0 aliphatic heterocycles. The Hall–Kier alpha value is -3.02. The molecule has 0 bridgehead atoms. The standard InChI is InChI=1S/C30H34Cl2N2O3/c1-20(2)23-11-14-26(15-12-23)37-19-29(35)34(18-24-10-13-25(31)17-27(24)32)28(30(36)33-21(3)4)16-22-8-6-5-7-9-22/h5-15,17,20-21,28H,16,18-19H2,1-4H3,(H,33,36)/t28-/m1/s1. The summed E-state index contributed by atoms with van der Waals surface area (Å²) in [5, 5.41) is 3.90. The molecule has 0 spiro atoms. The smallest absolute Gasteiger partial charge is 0.261 e. The summed E-state index contributed by atoms with van der Waals surface area (Å²) >= 11 is 12.6. The van der Waals surface area contributed by atoms with Crippen molar-refractivity contribution in [2.24, 2.45) is 0 Å². The highest BCUT2D eigenvalue weighted by Gasteiger charge is 2.31. The van der Waals surface area contributed by atoms with E-state index in [0.717, 1.165) is 5.56 Å². The van der Waals surface area contributed by atoms with Gasteiger partial charge < -0.3 is 15.0 Å². The predicted octanol–water partition coefficient (Wildman–Crippen LogP) is 6.66. The normalized spacial score (nSPS) is 11.9. The highest BCUT2D eigenvalue weighted by molar-refractivity contribution is 6.35. The van der Waals surface area contributed by atoms with Crippen LogP contribution in [0, 0.1) is 0 Å². The summed E-state index contributed by atoms with van der Waals surface area (Å²) in [5.41, 5.74) is 2.82. The van der Waals surface area contributed by atoms with Crippen molar-refractivity contribution >= 4 is 35.0 Å². The molecule has 7 heteroatoms. The van der Waals surface area contributed by atoms with Gasteiger partial charge in [-0.1, -0.05) is 85.6 Å². The van der Waals surface area contributed by atoms with Crippen LogP contribution >= 0.6 is 23.2 Å². The summed E-state index contributed by atoms with van der Waals surface area (Å²) in [6, 6.07) is 21.6. The van der Waals surface area contributed by atoms with Gasteiger partial charge in [0.2, 0.25) is 5.91 Å². The Balaban J connectivity index is 1.91. The molecule has 0 heterocycles. The fourth-order valence-electron chi connectivity index (χ4n) is 3.95. The van der Waals surface area contributed by atoms with E-state index in [4.69, 9.17) is 27.9 Å².